The first kappa shape index (κ1) is 24.4. The van der Waals surface area contributed by atoms with E-state index in [0.29, 0.717) is 24.1 Å². The summed E-state index contributed by atoms with van der Waals surface area (Å²) in [5, 5.41) is 3.29. The standard InChI is InChI=1S/C22H19F6N3O2/c1-2-4-18(32)11-15(13-5-3-6-16(9-13)21(23,24)25)10-17-8-7-14(12-29-17)19-30-20(33-31-19)22(26,27)28/h3,5-9,12,15H,2,4,10-11H2,1H3. The van der Waals surface area contributed by atoms with Gasteiger partial charge >= 0.3 is 18.2 Å². The van der Waals surface area contributed by atoms with Crippen molar-refractivity contribution in [2.24, 2.45) is 0 Å². The fourth-order valence-electron chi connectivity index (χ4n) is 3.32. The Morgan fingerprint density at radius 2 is 1.82 bits per heavy atom. The summed E-state index contributed by atoms with van der Waals surface area (Å²) in [6, 6.07) is 7.75. The highest BCUT2D eigenvalue weighted by molar-refractivity contribution is 5.79. The fraction of sp³-hybridized carbons (Fsp3) is 0.364. The number of halogens is 6. The molecule has 0 aliphatic rings. The maximum absolute atomic E-state index is 13.2. The first-order chi connectivity index (χ1) is 15.5. The number of nitrogens with zero attached hydrogens (tertiary/aromatic N) is 3. The summed E-state index contributed by atoms with van der Waals surface area (Å²) in [6.07, 6.45) is -6.92. The van der Waals surface area contributed by atoms with Crippen LogP contribution in [-0.2, 0) is 23.6 Å². The lowest BCUT2D eigenvalue weighted by Crippen LogP contribution is -2.12. The summed E-state index contributed by atoms with van der Waals surface area (Å²) in [5.74, 6) is -2.41. The molecule has 0 saturated carbocycles. The number of carbonyl (C=O) groups excluding carboxylic acids is 1. The van der Waals surface area contributed by atoms with Crippen LogP contribution in [0.1, 0.15) is 54.8 Å². The van der Waals surface area contributed by atoms with Crippen LogP contribution in [0, 0.1) is 0 Å². The zero-order valence-electron chi connectivity index (χ0n) is 17.4. The SMILES string of the molecule is CCCC(=O)CC(Cc1ccc(-c2noc(C(F)(F)F)n2)cn1)c1cccc(C(F)(F)F)c1. The molecule has 0 fully saturated rings. The molecule has 11 heteroatoms. The lowest BCUT2D eigenvalue weighted by molar-refractivity contribution is -0.159. The molecular formula is C22H19F6N3O2. The number of carbonyl (C=O) groups is 1. The highest BCUT2D eigenvalue weighted by Crippen LogP contribution is 2.33. The van der Waals surface area contributed by atoms with Crippen LogP contribution in [0.2, 0.25) is 0 Å². The lowest BCUT2D eigenvalue weighted by atomic mass is 9.87. The quantitative estimate of drug-likeness (QED) is 0.363. The van der Waals surface area contributed by atoms with Crippen LogP contribution < -0.4 is 0 Å². The van der Waals surface area contributed by atoms with Gasteiger partial charge in [0.25, 0.3) is 0 Å². The number of benzene rings is 1. The molecule has 5 nitrogen and oxygen atoms in total. The highest BCUT2D eigenvalue weighted by atomic mass is 19.4. The van der Waals surface area contributed by atoms with E-state index in [1.54, 1.807) is 0 Å². The number of pyridine rings is 1. The molecule has 0 bridgehead atoms. The summed E-state index contributed by atoms with van der Waals surface area (Å²) in [5.41, 5.74) is 0.169. The van der Waals surface area contributed by atoms with Crippen molar-refractivity contribution >= 4 is 5.78 Å². The van der Waals surface area contributed by atoms with E-state index in [4.69, 9.17) is 0 Å². The van der Waals surface area contributed by atoms with Crippen molar-refractivity contribution in [1.29, 1.82) is 0 Å². The Labute approximate surface area is 184 Å². The van der Waals surface area contributed by atoms with Crippen LogP contribution in [0.5, 0.6) is 0 Å². The lowest BCUT2D eigenvalue weighted by Gasteiger charge is -2.18. The third-order valence-corrected chi connectivity index (χ3v) is 4.90. The number of Topliss-reactive ketones (excluding diaryl/α,β-unsaturated/α-hetero) is 1. The minimum atomic E-state index is -4.78. The molecule has 0 saturated heterocycles. The van der Waals surface area contributed by atoms with Gasteiger partial charge in [-0.3, -0.25) is 9.78 Å². The van der Waals surface area contributed by atoms with Gasteiger partial charge in [0.1, 0.15) is 5.78 Å². The van der Waals surface area contributed by atoms with E-state index in [-0.39, 0.29) is 30.0 Å². The van der Waals surface area contributed by atoms with Crippen LogP contribution in [-0.4, -0.2) is 20.9 Å². The maximum atomic E-state index is 13.2. The maximum Gasteiger partial charge on any atom is 0.471 e. The molecule has 0 amide bonds. The third-order valence-electron chi connectivity index (χ3n) is 4.90. The molecular weight excluding hydrogens is 452 g/mol. The smallest absolute Gasteiger partial charge is 0.329 e. The van der Waals surface area contributed by atoms with Gasteiger partial charge in [0.2, 0.25) is 5.82 Å². The molecule has 3 aromatic rings. The molecule has 33 heavy (non-hydrogen) atoms. The van der Waals surface area contributed by atoms with Gasteiger partial charge in [-0.2, -0.15) is 31.3 Å². The number of alkyl halides is 6. The van der Waals surface area contributed by atoms with Gasteiger partial charge in [0.05, 0.1) is 5.56 Å². The molecule has 1 unspecified atom stereocenters. The Morgan fingerprint density at radius 1 is 1.06 bits per heavy atom. The minimum absolute atomic E-state index is 0.0400. The summed E-state index contributed by atoms with van der Waals surface area (Å²) < 4.78 is 81.6. The molecule has 0 spiro atoms. The Balaban J connectivity index is 1.84. The predicted molar refractivity (Wildman–Crippen MR) is 105 cm³/mol. The van der Waals surface area contributed by atoms with Gasteiger partial charge in [-0.15, -0.1) is 0 Å². The topological polar surface area (TPSA) is 68.9 Å². The second-order valence-corrected chi connectivity index (χ2v) is 7.48. The largest absolute Gasteiger partial charge is 0.471 e. The van der Waals surface area contributed by atoms with Gasteiger partial charge in [-0.25, -0.2) is 0 Å². The van der Waals surface area contributed by atoms with E-state index < -0.39 is 29.7 Å². The fourth-order valence-corrected chi connectivity index (χ4v) is 3.32. The molecule has 3 rings (SSSR count). The van der Waals surface area contributed by atoms with Gasteiger partial charge in [-0.05, 0) is 42.5 Å². The first-order valence-corrected chi connectivity index (χ1v) is 10.0. The van der Waals surface area contributed by atoms with Crippen molar-refractivity contribution in [3.05, 3.63) is 65.3 Å². The number of aromatic nitrogens is 3. The van der Waals surface area contributed by atoms with E-state index in [1.165, 1.54) is 30.5 Å². The molecule has 0 aliphatic carbocycles. The number of hydrogen-bond acceptors (Lipinski definition) is 5. The first-order valence-electron chi connectivity index (χ1n) is 10.0. The Morgan fingerprint density at radius 3 is 2.39 bits per heavy atom. The average molecular weight is 471 g/mol. The van der Waals surface area contributed by atoms with Crippen LogP contribution >= 0.6 is 0 Å². The molecule has 2 aromatic heterocycles. The second-order valence-electron chi connectivity index (χ2n) is 7.48. The summed E-state index contributed by atoms with van der Waals surface area (Å²) in [6.45, 7) is 1.83. The monoisotopic (exact) mass is 471 g/mol. The van der Waals surface area contributed by atoms with E-state index in [2.05, 4.69) is 19.6 Å². The zero-order chi connectivity index (χ0) is 24.2. The van der Waals surface area contributed by atoms with E-state index in [1.807, 2.05) is 6.92 Å². The molecule has 176 valence electrons. The number of ketones is 1. The van der Waals surface area contributed by atoms with Crippen LogP contribution in [0.15, 0.2) is 47.1 Å². The van der Waals surface area contributed by atoms with Crippen molar-refractivity contribution < 1.29 is 35.7 Å². The molecule has 0 N–H and O–H groups in total. The predicted octanol–water partition coefficient (Wildman–Crippen LogP) is 6.25. The average Bonchev–Trinajstić information content (AvgIpc) is 3.24. The normalized spacial score (nSPS) is 13.2. The van der Waals surface area contributed by atoms with Crippen molar-refractivity contribution in [2.45, 2.75) is 50.9 Å². The van der Waals surface area contributed by atoms with Crippen molar-refractivity contribution in [3.8, 4) is 11.4 Å². The van der Waals surface area contributed by atoms with E-state index in [0.717, 1.165) is 12.1 Å². The van der Waals surface area contributed by atoms with Gasteiger partial charge < -0.3 is 4.52 Å². The van der Waals surface area contributed by atoms with Gasteiger partial charge in [0.15, 0.2) is 0 Å². The third kappa shape index (κ3) is 6.39. The molecule has 2 heterocycles. The van der Waals surface area contributed by atoms with Crippen molar-refractivity contribution in [2.75, 3.05) is 0 Å². The van der Waals surface area contributed by atoms with E-state index in [9.17, 15) is 31.1 Å². The number of hydrogen-bond donors (Lipinski definition) is 0. The number of rotatable bonds is 8. The minimum Gasteiger partial charge on any atom is -0.329 e. The molecule has 1 atom stereocenters. The van der Waals surface area contributed by atoms with Crippen LogP contribution in [0.4, 0.5) is 26.3 Å². The Kier molecular flexibility index (Phi) is 7.19. The second kappa shape index (κ2) is 9.72. The molecule has 0 aliphatic heterocycles. The van der Waals surface area contributed by atoms with E-state index >= 15 is 0 Å². The highest BCUT2D eigenvalue weighted by Gasteiger charge is 2.38. The Hall–Kier alpha value is -3.24. The van der Waals surface area contributed by atoms with Crippen molar-refractivity contribution in [3.63, 3.8) is 0 Å². The van der Waals surface area contributed by atoms with Crippen molar-refractivity contribution in [1.82, 2.24) is 15.1 Å². The molecule has 0 radical (unpaired) electrons. The summed E-state index contributed by atoms with van der Waals surface area (Å²) in [4.78, 5) is 19.7. The summed E-state index contributed by atoms with van der Waals surface area (Å²) >= 11 is 0. The zero-order valence-corrected chi connectivity index (χ0v) is 17.4. The van der Waals surface area contributed by atoms with Gasteiger partial charge in [-0.1, -0.05) is 30.3 Å². The van der Waals surface area contributed by atoms with Gasteiger partial charge in [0, 0.05) is 30.3 Å². The Bertz CT molecular complexity index is 1090. The van der Waals surface area contributed by atoms with Crippen LogP contribution in [0.25, 0.3) is 11.4 Å². The van der Waals surface area contributed by atoms with Crippen LogP contribution in [0.3, 0.4) is 0 Å². The summed E-state index contributed by atoms with van der Waals surface area (Å²) in [7, 11) is 0. The molecule has 1 aromatic carbocycles.